The average Bonchev–Trinajstić information content (AvgIpc) is 2.65. The number of thioether (sulfide) groups is 1. The highest BCUT2D eigenvalue weighted by Gasteiger charge is 2.43. The zero-order chi connectivity index (χ0) is 13.2. The highest BCUT2D eigenvalue weighted by molar-refractivity contribution is 8.23. The van der Waals surface area contributed by atoms with Crippen LogP contribution in [-0.2, 0) is 10.5 Å². The molecule has 1 heterocycles. The van der Waals surface area contributed by atoms with Crippen LogP contribution < -0.4 is 0 Å². The molecular weight excluding hydrogens is 270 g/mol. The lowest BCUT2D eigenvalue weighted by atomic mass is 10.0. The number of hydrogen-bond acceptors (Lipinski definition) is 4. The Hall–Kier alpha value is -1.11. The molecule has 0 aromatic heterocycles. The van der Waals surface area contributed by atoms with E-state index in [2.05, 4.69) is 0 Å². The summed E-state index contributed by atoms with van der Waals surface area (Å²) < 4.78 is 0.544. The standard InChI is InChI=1S/C12H13NO3S2/c14-10(15)6-7-13-11(17)18-8-12(13,16)9-4-2-1-3-5-9/h1-5,16H,6-8H2,(H,14,15). The molecule has 1 fully saturated rings. The van der Waals surface area contributed by atoms with Gasteiger partial charge in [0, 0.05) is 12.1 Å². The summed E-state index contributed by atoms with van der Waals surface area (Å²) >= 11 is 6.55. The fourth-order valence-corrected chi connectivity index (χ4v) is 3.36. The van der Waals surface area contributed by atoms with Gasteiger partial charge < -0.3 is 15.1 Å². The molecule has 0 radical (unpaired) electrons. The molecule has 1 aliphatic rings. The van der Waals surface area contributed by atoms with Gasteiger partial charge in [-0.25, -0.2) is 0 Å². The third kappa shape index (κ3) is 2.50. The van der Waals surface area contributed by atoms with E-state index in [0.29, 0.717) is 10.1 Å². The first-order chi connectivity index (χ1) is 8.54. The van der Waals surface area contributed by atoms with Crippen LogP contribution in [0.15, 0.2) is 30.3 Å². The van der Waals surface area contributed by atoms with Crippen molar-refractivity contribution in [3.05, 3.63) is 35.9 Å². The number of rotatable bonds is 4. The number of carbonyl (C=O) groups is 1. The number of benzene rings is 1. The molecule has 1 unspecified atom stereocenters. The van der Waals surface area contributed by atoms with Crippen molar-refractivity contribution >= 4 is 34.3 Å². The molecule has 4 nitrogen and oxygen atoms in total. The summed E-state index contributed by atoms with van der Waals surface area (Å²) in [6.45, 7) is 0.215. The summed E-state index contributed by atoms with van der Waals surface area (Å²) in [5.41, 5.74) is -0.457. The van der Waals surface area contributed by atoms with Crippen LogP contribution in [-0.4, -0.2) is 37.7 Å². The molecule has 2 N–H and O–H groups in total. The second-order valence-electron chi connectivity index (χ2n) is 4.03. The van der Waals surface area contributed by atoms with E-state index < -0.39 is 11.7 Å². The number of aliphatic hydroxyl groups is 1. The number of nitrogens with zero attached hydrogens (tertiary/aromatic N) is 1. The molecule has 6 heteroatoms. The maximum absolute atomic E-state index is 10.7. The van der Waals surface area contributed by atoms with Gasteiger partial charge in [-0.2, -0.15) is 0 Å². The van der Waals surface area contributed by atoms with Gasteiger partial charge in [-0.3, -0.25) is 4.79 Å². The van der Waals surface area contributed by atoms with Crippen LogP contribution in [0.1, 0.15) is 12.0 Å². The quantitative estimate of drug-likeness (QED) is 0.819. The van der Waals surface area contributed by atoms with Crippen molar-refractivity contribution < 1.29 is 15.0 Å². The van der Waals surface area contributed by atoms with Gasteiger partial charge in [0.1, 0.15) is 4.32 Å². The molecule has 1 saturated heterocycles. The van der Waals surface area contributed by atoms with E-state index in [1.165, 1.54) is 11.8 Å². The van der Waals surface area contributed by atoms with Crippen LogP contribution in [0.25, 0.3) is 0 Å². The lowest BCUT2D eigenvalue weighted by Gasteiger charge is -2.34. The van der Waals surface area contributed by atoms with Crippen LogP contribution in [0.2, 0.25) is 0 Å². The van der Waals surface area contributed by atoms with Crippen LogP contribution in [0.4, 0.5) is 0 Å². The molecular formula is C12H13NO3S2. The lowest BCUT2D eigenvalue weighted by molar-refractivity contribution is -0.138. The predicted molar refractivity (Wildman–Crippen MR) is 74.4 cm³/mol. The summed E-state index contributed by atoms with van der Waals surface area (Å²) in [5.74, 6) is -0.472. The zero-order valence-electron chi connectivity index (χ0n) is 9.57. The van der Waals surface area contributed by atoms with E-state index in [4.69, 9.17) is 17.3 Å². The Morgan fingerprint density at radius 1 is 1.44 bits per heavy atom. The Kier molecular flexibility index (Phi) is 3.89. The Morgan fingerprint density at radius 3 is 2.72 bits per heavy atom. The predicted octanol–water partition coefficient (Wildman–Crippen LogP) is 1.64. The van der Waals surface area contributed by atoms with Gasteiger partial charge in [-0.05, 0) is 0 Å². The normalized spacial score (nSPS) is 23.4. The molecule has 0 spiro atoms. The summed E-state index contributed by atoms with van der Waals surface area (Å²) in [4.78, 5) is 12.2. The van der Waals surface area contributed by atoms with Gasteiger partial charge >= 0.3 is 5.97 Å². The van der Waals surface area contributed by atoms with Crippen molar-refractivity contribution in [2.45, 2.75) is 12.1 Å². The van der Waals surface area contributed by atoms with Crippen molar-refractivity contribution in [3.8, 4) is 0 Å². The Balaban J connectivity index is 2.25. The molecule has 1 aromatic carbocycles. The summed E-state index contributed by atoms with van der Waals surface area (Å²) in [6.07, 6.45) is -0.0458. The third-order valence-electron chi connectivity index (χ3n) is 2.85. The largest absolute Gasteiger partial charge is 0.481 e. The van der Waals surface area contributed by atoms with E-state index in [1.54, 1.807) is 4.90 Å². The van der Waals surface area contributed by atoms with Crippen LogP contribution in [0, 0.1) is 0 Å². The van der Waals surface area contributed by atoms with Crippen molar-refractivity contribution in [2.24, 2.45) is 0 Å². The number of carboxylic acid groups (broad SMARTS) is 1. The maximum atomic E-state index is 10.7. The highest BCUT2D eigenvalue weighted by Crippen LogP contribution is 2.38. The molecule has 0 aliphatic carbocycles. The fraction of sp³-hybridized carbons (Fsp3) is 0.333. The van der Waals surface area contributed by atoms with Crippen LogP contribution in [0.3, 0.4) is 0 Å². The van der Waals surface area contributed by atoms with E-state index >= 15 is 0 Å². The number of aliphatic carboxylic acids is 1. The molecule has 18 heavy (non-hydrogen) atoms. The zero-order valence-corrected chi connectivity index (χ0v) is 11.2. The van der Waals surface area contributed by atoms with Gasteiger partial charge in [0.2, 0.25) is 0 Å². The van der Waals surface area contributed by atoms with E-state index in [0.717, 1.165) is 5.56 Å². The number of carboxylic acids is 1. The van der Waals surface area contributed by atoms with E-state index in [-0.39, 0.29) is 13.0 Å². The molecule has 0 amide bonds. The third-order valence-corrected chi connectivity index (χ3v) is 4.44. The second-order valence-corrected chi connectivity index (χ2v) is 5.64. The smallest absolute Gasteiger partial charge is 0.305 e. The second kappa shape index (κ2) is 5.26. The Labute approximate surface area is 115 Å². The van der Waals surface area contributed by atoms with E-state index in [9.17, 15) is 9.90 Å². The summed E-state index contributed by atoms with van der Waals surface area (Å²) in [5, 5.41) is 19.5. The first-order valence-corrected chi connectivity index (χ1v) is 6.87. The highest BCUT2D eigenvalue weighted by atomic mass is 32.2. The van der Waals surface area contributed by atoms with Gasteiger partial charge in [0.15, 0.2) is 5.72 Å². The summed E-state index contributed by atoms with van der Waals surface area (Å²) in [7, 11) is 0. The maximum Gasteiger partial charge on any atom is 0.305 e. The molecule has 1 aromatic rings. The molecule has 2 rings (SSSR count). The lowest BCUT2D eigenvalue weighted by Crippen LogP contribution is -2.45. The minimum Gasteiger partial charge on any atom is -0.481 e. The Morgan fingerprint density at radius 2 is 2.11 bits per heavy atom. The van der Waals surface area contributed by atoms with Gasteiger partial charge in [0.05, 0.1) is 12.2 Å². The number of thiocarbonyl (C=S) groups is 1. The van der Waals surface area contributed by atoms with E-state index in [1.807, 2.05) is 30.3 Å². The van der Waals surface area contributed by atoms with Crippen LogP contribution >= 0.6 is 24.0 Å². The van der Waals surface area contributed by atoms with Crippen molar-refractivity contribution in [1.82, 2.24) is 4.90 Å². The molecule has 0 bridgehead atoms. The molecule has 1 atom stereocenters. The summed E-state index contributed by atoms with van der Waals surface area (Å²) in [6, 6.07) is 9.20. The average molecular weight is 283 g/mol. The molecule has 96 valence electrons. The van der Waals surface area contributed by atoms with Gasteiger partial charge in [-0.15, -0.1) is 0 Å². The Bertz CT molecular complexity index is 466. The first kappa shape index (κ1) is 13.3. The van der Waals surface area contributed by atoms with Crippen molar-refractivity contribution in [3.63, 3.8) is 0 Å². The first-order valence-electron chi connectivity index (χ1n) is 5.48. The number of hydrogen-bond donors (Lipinski definition) is 2. The minimum atomic E-state index is -1.20. The van der Waals surface area contributed by atoms with Gasteiger partial charge in [-0.1, -0.05) is 54.3 Å². The van der Waals surface area contributed by atoms with Crippen molar-refractivity contribution in [2.75, 3.05) is 12.3 Å². The van der Waals surface area contributed by atoms with Crippen LogP contribution in [0.5, 0.6) is 0 Å². The topological polar surface area (TPSA) is 60.8 Å². The fourth-order valence-electron chi connectivity index (χ4n) is 1.90. The monoisotopic (exact) mass is 283 g/mol. The molecule has 1 aliphatic heterocycles. The van der Waals surface area contributed by atoms with Gasteiger partial charge in [0.25, 0.3) is 0 Å². The molecule has 0 saturated carbocycles. The minimum absolute atomic E-state index is 0.0458. The van der Waals surface area contributed by atoms with Crippen molar-refractivity contribution in [1.29, 1.82) is 0 Å². The SMILES string of the molecule is O=C(O)CCN1C(=S)SCC1(O)c1ccccc1.